The van der Waals surface area contributed by atoms with Crippen LogP contribution >= 0.6 is 0 Å². The van der Waals surface area contributed by atoms with Crippen LogP contribution in [0.1, 0.15) is 35.5 Å². The maximum atomic E-state index is 11.7. The number of guanidine groups is 1. The van der Waals surface area contributed by atoms with Crippen LogP contribution in [-0.4, -0.2) is 37.1 Å². The third-order valence-electron chi connectivity index (χ3n) is 3.83. The zero-order valence-electron chi connectivity index (χ0n) is 15.4. The first-order chi connectivity index (χ1) is 12.5. The van der Waals surface area contributed by atoms with Crippen LogP contribution < -0.4 is 16.0 Å². The topological polar surface area (TPSA) is 98.9 Å². The van der Waals surface area contributed by atoms with Gasteiger partial charge in [0.2, 0.25) is 0 Å². The van der Waals surface area contributed by atoms with Gasteiger partial charge in [0.05, 0.1) is 19.4 Å². The maximum absolute atomic E-state index is 11.7. The molecule has 7 heteroatoms. The molecule has 2 rings (SSSR count). The lowest BCUT2D eigenvalue weighted by atomic mass is 10.0. The molecular weight excluding hydrogens is 332 g/mol. The largest absolute Gasteiger partial charge is 0.466 e. The fraction of sp³-hybridized carbons (Fsp3) is 0.368. The quantitative estimate of drug-likeness (QED) is 0.445. The van der Waals surface area contributed by atoms with E-state index in [1.54, 1.807) is 32.2 Å². The van der Waals surface area contributed by atoms with E-state index in [2.05, 4.69) is 20.9 Å². The molecule has 1 aromatic carbocycles. The normalized spacial score (nSPS) is 13.8. The Labute approximate surface area is 153 Å². The predicted molar refractivity (Wildman–Crippen MR) is 101 cm³/mol. The molecule has 1 heterocycles. The lowest BCUT2D eigenvalue weighted by molar-refractivity contribution is 0.0386. The molecule has 0 aliphatic heterocycles. The van der Waals surface area contributed by atoms with Gasteiger partial charge >= 0.3 is 0 Å². The van der Waals surface area contributed by atoms with Crippen molar-refractivity contribution >= 4 is 11.9 Å². The Balaban J connectivity index is 2.03. The summed E-state index contributed by atoms with van der Waals surface area (Å²) in [6.45, 7) is 4.98. The highest BCUT2D eigenvalue weighted by atomic mass is 16.4. The van der Waals surface area contributed by atoms with Crippen molar-refractivity contribution in [3.63, 3.8) is 0 Å². The van der Waals surface area contributed by atoms with Gasteiger partial charge in [-0.15, -0.1) is 0 Å². The minimum atomic E-state index is -1.15. The number of nitrogens with one attached hydrogen (secondary N) is 3. The van der Waals surface area contributed by atoms with E-state index >= 15 is 0 Å². The highest BCUT2D eigenvalue weighted by molar-refractivity contribution is 5.94. The molecule has 0 aliphatic carbocycles. The van der Waals surface area contributed by atoms with Gasteiger partial charge in [0.15, 0.2) is 5.96 Å². The minimum Gasteiger partial charge on any atom is -0.466 e. The highest BCUT2D eigenvalue weighted by Gasteiger charge is 2.26. The van der Waals surface area contributed by atoms with Crippen LogP contribution in [0.5, 0.6) is 0 Å². The Hall–Kier alpha value is -2.80. The van der Waals surface area contributed by atoms with Crippen LogP contribution in [0.3, 0.4) is 0 Å². The molecule has 0 radical (unpaired) electrons. The molecule has 0 aliphatic rings. The molecule has 0 fully saturated rings. The maximum Gasteiger partial charge on any atom is 0.251 e. The van der Waals surface area contributed by atoms with Crippen molar-refractivity contribution in [2.75, 3.05) is 20.1 Å². The summed E-state index contributed by atoms with van der Waals surface area (Å²) in [7, 11) is 1.60. The average molecular weight is 358 g/mol. The second-order valence-corrected chi connectivity index (χ2v) is 6.08. The van der Waals surface area contributed by atoms with Crippen LogP contribution in [0.15, 0.2) is 52.1 Å². The van der Waals surface area contributed by atoms with Crippen molar-refractivity contribution in [3.8, 4) is 0 Å². The molecule has 26 heavy (non-hydrogen) atoms. The van der Waals surface area contributed by atoms with Gasteiger partial charge in [-0.3, -0.25) is 4.79 Å². The van der Waals surface area contributed by atoms with E-state index in [0.717, 1.165) is 5.56 Å². The summed E-state index contributed by atoms with van der Waals surface area (Å²) in [6, 6.07) is 10.8. The van der Waals surface area contributed by atoms with Crippen LogP contribution in [0.25, 0.3) is 0 Å². The Kier molecular flexibility index (Phi) is 6.80. The summed E-state index contributed by atoms with van der Waals surface area (Å²) in [5, 5.41) is 19.4. The third kappa shape index (κ3) is 5.35. The lowest BCUT2D eigenvalue weighted by Gasteiger charge is -2.22. The molecule has 0 saturated carbocycles. The first kappa shape index (κ1) is 19.5. The number of aliphatic imine (C=N–C) groups is 1. The van der Waals surface area contributed by atoms with Crippen molar-refractivity contribution in [2.45, 2.75) is 26.0 Å². The van der Waals surface area contributed by atoms with Crippen molar-refractivity contribution in [1.82, 2.24) is 16.0 Å². The number of carbonyl (C=O) groups is 1. The first-order valence-electron chi connectivity index (χ1n) is 8.56. The molecule has 1 atom stereocenters. The summed E-state index contributed by atoms with van der Waals surface area (Å²) in [5.41, 5.74) is 0.360. The van der Waals surface area contributed by atoms with Crippen molar-refractivity contribution in [2.24, 2.45) is 4.99 Å². The number of furan rings is 1. The fourth-order valence-corrected chi connectivity index (χ4v) is 2.40. The zero-order valence-corrected chi connectivity index (χ0v) is 15.4. The number of nitrogens with zero attached hydrogens (tertiary/aromatic N) is 1. The summed E-state index contributed by atoms with van der Waals surface area (Å²) in [5.74, 6) is 0.930. The average Bonchev–Trinajstić information content (AvgIpc) is 3.19. The second kappa shape index (κ2) is 9.05. The number of hydrogen-bond acceptors (Lipinski definition) is 4. The van der Waals surface area contributed by atoms with Gasteiger partial charge < -0.3 is 25.5 Å². The first-order valence-corrected chi connectivity index (χ1v) is 8.56. The third-order valence-corrected chi connectivity index (χ3v) is 3.83. The van der Waals surface area contributed by atoms with Crippen molar-refractivity contribution in [3.05, 3.63) is 59.5 Å². The lowest BCUT2D eigenvalue weighted by Crippen LogP contribution is -2.44. The molecule has 1 amide bonds. The molecule has 7 nitrogen and oxygen atoms in total. The van der Waals surface area contributed by atoms with E-state index in [4.69, 9.17) is 4.42 Å². The Morgan fingerprint density at radius 1 is 1.27 bits per heavy atom. The van der Waals surface area contributed by atoms with Crippen LogP contribution in [0, 0.1) is 0 Å². The van der Waals surface area contributed by atoms with Crippen LogP contribution in [0.4, 0.5) is 0 Å². The smallest absolute Gasteiger partial charge is 0.251 e. The summed E-state index contributed by atoms with van der Waals surface area (Å²) >= 11 is 0. The van der Waals surface area contributed by atoms with Crippen LogP contribution in [0.2, 0.25) is 0 Å². The second-order valence-electron chi connectivity index (χ2n) is 6.08. The van der Waals surface area contributed by atoms with Crippen molar-refractivity contribution in [1.29, 1.82) is 0 Å². The fourth-order valence-electron chi connectivity index (χ4n) is 2.40. The molecule has 0 spiro atoms. The van der Waals surface area contributed by atoms with Gasteiger partial charge in [-0.2, -0.15) is 0 Å². The van der Waals surface area contributed by atoms with E-state index in [1.165, 1.54) is 6.26 Å². The monoisotopic (exact) mass is 358 g/mol. The van der Waals surface area contributed by atoms with Gasteiger partial charge in [-0.1, -0.05) is 12.1 Å². The number of carbonyl (C=O) groups excluding carboxylic acids is 1. The van der Waals surface area contributed by atoms with Gasteiger partial charge in [0.1, 0.15) is 11.4 Å². The number of amides is 1. The number of benzene rings is 1. The van der Waals surface area contributed by atoms with E-state index in [0.29, 0.717) is 30.4 Å². The minimum absolute atomic E-state index is 0.129. The molecule has 1 unspecified atom stereocenters. The molecule has 0 saturated heterocycles. The summed E-state index contributed by atoms with van der Waals surface area (Å²) in [4.78, 5) is 16.2. The van der Waals surface area contributed by atoms with Gasteiger partial charge in [-0.05, 0) is 43.7 Å². The molecule has 1 aromatic heterocycles. The molecular formula is C19H26N4O3. The number of aliphatic hydroxyl groups is 1. The summed E-state index contributed by atoms with van der Waals surface area (Å²) in [6.07, 6.45) is 1.53. The molecule has 4 N–H and O–H groups in total. The van der Waals surface area contributed by atoms with Crippen LogP contribution in [-0.2, 0) is 12.1 Å². The molecule has 0 bridgehead atoms. The van der Waals surface area contributed by atoms with Gasteiger partial charge in [0.25, 0.3) is 5.91 Å². The predicted octanol–water partition coefficient (Wildman–Crippen LogP) is 1.60. The summed E-state index contributed by atoms with van der Waals surface area (Å²) < 4.78 is 5.28. The Morgan fingerprint density at radius 3 is 2.73 bits per heavy atom. The number of rotatable bonds is 7. The van der Waals surface area contributed by atoms with E-state index < -0.39 is 5.60 Å². The molecule has 2 aromatic rings. The van der Waals surface area contributed by atoms with Gasteiger partial charge in [0, 0.05) is 19.2 Å². The van der Waals surface area contributed by atoms with E-state index in [-0.39, 0.29) is 12.5 Å². The zero-order chi connectivity index (χ0) is 19.0. The Bertz CT molecular complexity index is 739. The Morgan fingerprint density at radius 2 is 2.08 bits per heavy atom. The molecule has 140 valence electrons. The number of hydrogen-bond donors (Lipinski definition) is 4. The highest BCUT2D eigenvalue weighted by Crippen LogP contribution is 2.19. The van der Waals surface area contributed by atoms with Crippen molar-refractivity contribution < 1.29 is 14.3 Å². The van der Waals surface area contributed by atoms with E-state index in [1.807, 2.05) is 25.1 Å². The van der Waals surface area contributed by atoms with Gasteiger partial charge in [-0.25, -0.2) is 4.99 Å². The SMILES string of the molecule is CCNC(=NCc1cccc(C(=O)NC)c1)NCC(C)(O)c1ccco1. The van der Waals surface area contributed by atoms with E-state index in [9.17, 15) is 9.90 Å². The standard InChI is InChI=1S/C19H26N4O3/c1-4-21-18(23-13-19(2,25)16-9-6-10-26-16)22-12-14-7-5-8-15(11-14)17(24)20-3/h5-11,25H,4,12-13H2,1-3H3,(H,20,24)(H2,21,22,23).